The molecule has 1 aromatic rings. The van der Waals surface area contributed by atoms with Gasteiger partial charge < -0.3 is 5.11 Å². The monoisotopic (exact) mass is 196 g/mol. The van der Waals surface area contributed by atoms with E-state index in [-0.39, 0.29) is 5.25 Å². The van der Waals surface area contributed by atoms with Crippen LogP contribution in [-0.4, -0.2) is 26.1 Å². The van der Waals surface area contributed by atoms with E-state index in [0.29, 0.717) is 5.69 Å². The van der Waals surface area contributed by atoms with Crippen molar-refractivity contribution in [1.82, 2.24) is 9.97 Å². The lowest BCUT2D eigenvalue weighted by Crippen LogP contribution is -2.32. The molecule has 1 aliphatic heterocycles. The lowest BCUT2D eigenvalue weighted by atomic mass is 9.94. The third kappa shape index (κ3) is 1.44. The molecule has 1 aliphatic rings. The summed E-state index contributed by atoms with van der Waals surface area (Å²) >= 11 is 1.78. The van der Waals surface area contributed by atoms with Crippen molar-refractivity contribution in [3.63, 3.8) is 0 Å². The second-order valence-corrected chi connectivity index (χ2v) is 4.73. The first kappa shape index (κ1) is 8.97. The molecule has 0 saturated carbocycles. The van der Waals surface area contributed by atoms with E-state index in [1.165, 1.54) is 0 Å². The summed E-state index contributed by atoms with van der Waals surface area (Å²) in [4.78, 5) is 8.13. The number of aliphatic hydroxyl groups is 1. The molecule has 0 aromatic carbocycles. The molecule has 4 heteroatoms. The second-order valence-electron chi connectivity index (χ2n) is 3.28. The molecule has 1 aromatic heterocycles. The number of hydrogen-bond acceptors (Lipinski definition) is 4. The molecule has 0 bridgehead atoms. The molecule has 0 radical (unpaired) electrons. The summed E-state index contributed by atoms with van der Waals surface area (Å²) in [6.45, 7) is 2.03. The third-order valence-corrected chi connectivity index (χ3v) is 3.86. The van der Waals surface area contributed by atoms with Gasteiger partial charge in [-0.2, -0.15) is 11.8 Å². The van der Waals surface area contributed by atoms with E-state index in [1.807, 2.05) is 6.92 Å². The normalized spacial score (nSPS) is 33.5. The molecule has 0 spiro atoms. The van der Waals surface area contributed by atoms with Gasteiger partial charge >= 0.3 is 0 Å². The zero-order valence-electron chi connectivity index (χ0n) is 7.47. The summed E-state index contributed by atoms with van der Waals surface area (Å²) in [5.74, 6) is 0.994. The van der Waals surface area contributed by atoms with E-state index in [4.69, 9.17) is 0 Å². The summed E-state index contributed by atoms with van der Waals surface area (Å²) < 4.78 is 0. The molecular formula is C9H12N2OS. The van der Waals surface area contributed by atoms with Crippen LogP contribution in [0.25, 0.3) is 0 Å². The van der Waals surface area contributed by atoms with E-state index in [9.17, 15) is 5.11 Å². The summed E-state index contributed by atoms with van der Waals surface area (Å²) in [6, 6.07) is 0. The second kappa shape index (κ2) is 3.27. The molecule has 0 amide bonds. The van der Waals surface area contributed by atoms with Gasteiger partial charge in [-0.25, -0.2) is 0 Å². The van der Waals surface area contributed by atoms with Gasteiger partial charge in [0.05, 0.1) is 11.9 Å². The first-order valence-electron chi connectivity index (χ1n) is 4.34. The number of thioether (sulfide) groups is 1. The van der Waals surface area contributed by atoms with E-state index >= 15 is 0 Å². The average molecular weight is 196 g/mol. The summed E-state index contributed by atoms with van der Waals surface area (Å²) in [6.07, 6.45) is 5.68. The highest BCUT2D eigenvalue weighted by Gasteiger charge is 2.41. The van der Waals surface area contributed by atoms with E-state index in [1.54, 1.807) is 30.4 Å². The van der Waals surface area contributed by atoms with Crippen LogP contribution in [-0.2, 0) is 5.60 Å². The van der Waals surface area contributed by atoms with Crippen molar-refractivity contribution in [2.24, 2.45) is 0 Å². The van der Waals surface area contributed by atoms with Crippen molar-refractivity contribution >= 4 is 11.8 Å². The Morgan fingerprint density at radius 2 is 2.46 bits per heavy atom. The Bertz CT molecular complexity index is 293. The first-order chi connectivity index (χ1) is 6.23. The minimum atomic E-state index is -0.765. The molecule has 70 valence electrons. The number of hydrogen-bond donors (Lipinski definition) is 1. The summed E-state index contributed by atoms with van der Waals surface area (Å²) in [5, 5.41) is 10.5. The Balaban J connectivity index is 2.34. The Morgan fingerprint density at radius 1 is 1.62 bits per heavy atom. The highest BCUT2D eigenvalue weighted by molar-refractivity contribution is 8.00. The van der Waals surface area contributed by atoms with Crippen LogP contribution in [0.3, 0.4) is 0 Å². The quantitative estimate of drug-likeness (QED) is 0.733. The lowest BCUT2D eigenvalue weighted by molar-refractivity contribution is 0.0378. The van der Waals surface area contributed by atoms with E-state index in [0.717, 1.165) is 12.2 Å². The van der Waals surface area contributed by atoms with Gasteiger partial charge in [0.15, 0.2) is 0 Å². The standard InChI is InChI=1S/C9H12N2OS/c1-7-9(12,2-5-13-7)8-6-10-3-4-11-8/h3-4,6-7,12H,2,5H2,1H3. The van der Waals surface area contributed by atoms with Crippen LogP contribution in [0.5, 0.6) is 0 Å². The van der Waals surface area contributed by atoms with Crippen LogP contribution in [0.2, 0.25) is 0 Å². The van der Waals surface area contributed by atoms with E-state index < -0.39 is 5.60 Å². The zero-order valence-corrected chi connectivity index (χ0v) is 8.29. The topological polar surface area (TPSA) is 46.0 Å². The fourth-order valence-electron chi connectivity index (χ4n) is 1.59. The van der Waals surface area contributed by atoms with E-state index in [2.05, 4.69) is 9.97 Å². The Hall–Kier alpha value is -0.610. The van der Waals surface area contributed by atoms with Gasteiger partial charge in [0.25, 0.3) is 0 Å². The SMILES string of the molecule is CC1SCCC1(O)c1cnccn1. The van der Waals surface area contributed by atoms with Crippen molar-refractivity contribution < 1.29 is 5.11 Å². The summed E-state index contributed by atoms with van der Waals surface area (Å²) in [7, 11) is 0. The van der Waals surface area contributed by atoms with Crippen LogP contribution in [0, 0.1) is 0 Å². The molecule has 3 nitrogen and oxygen atoms in total. The minimum absolute atomic E-state index is 0.212. The molecule has 1 N–H and O–H groups in total. The van der Waals surface area contributed by atoms with Crippen LogP contribution in [0.15, 0.2) is 18.6 Å². The molecule has 2 heterocycles. The third-order valence-electron chi connectivity index (χ3n) is 2.53. The van der Waals surface area contributed by atoms with Gasteiger partial charge in [-0.3, -0.25) is 9.97 Å². The Morgan fingerprint density at radius 3 is 3.00 bits per heavy atom. The fraction of sp³-hybridized carbons (Fsp3) is 0.556. The molecule has 1 fully saturated rings. The van der Waals surface area contributed by atoms with Gasteiger partial charge in [-0.15, -0.1) is 0 Å². The zero-order chi connectivity index (χ0) is 9.31. The molecule has 0 aliphatic carbocycles. The molecule has 2 rings (SSSR count). The smallest absolute Gasteiger partial charge is 0.120 e. The number of nitrogens with zero attached hydrogens (tertiary/aromatic N) is 2. The van der Waals surface area contributed by atoms with Crippen LogP contribution in [0.1, 0.15) is 19.0 Å². The van der Waals surface area contributed by atoms with Crippen molar-refractivity contribution in [3.05, 3.63) is 24.3 Å². The summed E-state index contributed by atoms with van der Waals surface area (Å²) in [5.41, 5.74) is -0.0636. The van der Waals surface area contributed by atoms with Crippen molar-refractivity contribution in [2.45, 2.75) is 24.2 Å². The molecular weight excluding hydrogens is 184 g/mol. The maximum absolute atomic E-state index is 10.3. The van der Waals surface area contributed by atoms with Crippen molar-refractivity contribution in [3.8, 4) is 0 Å². The van der Waals surface area contributed by atoms with Crippen LogP contribution >= 0.6 is 11.8 Å². The van der Waals surface area contributed by atoms with Crippen molar-refractivity contribution in [2.75, 3.05) is 5.75 Å². The number of aromatic nitrogens is 2. The first-order valence-corrected chi connectivity index (χ1v) is 5.39. The van der Waals surface area contributed by atoms with Gasteiger partial charge in [0, 0.05) is 17.6 Å². The van der Waals surface area contributed by atoms with Crippen LogP contribution in [0.4, 0.5) is 0 Å². The van der Waals surface area contributed by atoms with Gasteiger partial charge in [0.2, 0.25) is 0 Å². The molecule has 1 saturated heterocycles. The highest BCUT2D eigenvalue weighted by atomic mass is 32.2. The maximum atomic E-state index is 10.3. The van der Waals surface area contributed by atoms with Gasteiger partial charge in [-0.05, 0) is 12.2 Å². The molecule has 13 heavy (non-hydrogen) atoms. The van der Waals surface area contributed by atoms with Crippen LogP contribution < -0.4 is 0 Å². The Labute approximate surface area is 81.6 Å². The Kier molecular flexibility index (Phi) is 2.26. The molecule has 2 atom stereocenters. The van der Waals surface area contributed by atoms with Gasteiger partial charge in [0.1, 0.15) is 5.60 Å². The van der Waals surface area contributed by atoms with Gasteiger partial charge in [-0.1, -0.05) is 6.92 Å². The van der Waals surface area contributed by atoms with Crippen molar-refractivity contribution in [1.29, 1.82) is 0 Å². The largest absolute Gasteiger partial charge is 0.382 e. The fourth-order valence-corrected chi connectivity index (χ4v) is 2.89. The minimum Gasteiger partial charge on any atom is -0.382 e. The molecule has 2 unspecified atom stereocenters. The highest BCUT2D eigenvalue weighted by Crippen LogP contribution is 2.41. The predicted molar refractivity (Wildman–Crippen MR) is 52.5 cm³/mol. The average Bonchev–Trinajstić information content (AvgIpc) is 2.50. The maximum Gasteiger partial charge on any atom is 0.120 e. The predicted octanol–water partition coefficient (Wildman–Crippen LogP) is 1.19. The lowest BCUT2D eigenvalue weighted by Gasteiger charge is -2.25. The number of rotatable bonds is 1.